The van der Waals surface area contributed by atoms with E-state index in [0.29, 0.717) is 28.9 Å². The standard InChI is InChI=1S/C22H27N3O3.ClH/c1-12(2)25-17-6-4-3-5-16(17)19(26)18(21(25)28)20(27)24-22-9-13-7-14(10-22)23-15(8-13)11-22;/h3-6,12-15,23,26H,7-11H2,1-2H3,(H,24,27);1H. The molecule has 156 valence electrons. The lowest BCUT2D eigenvalue weighted by atomic mass is 9.60. The van der Waals surface area contributed by atoms with E-state index in [0.717, 1.165) is 19.3 Å². The van der Waals surface area contributed by atoms with Gasteiger partial charge < -0.3 is 20.3 Å². The van der Waals surface area contributed by atoms with Crippen LogP contribution in [0.1, 0.15) is 62.4 Å². The fourth-order valence-corrected chi connectivity index (χ4v) is 6.09. The maximum atomic E-state index is 13.3. The van der Waals surface area contributed by atoms with Gasteiger partial charge in [0.1, 0.15) is 11.3 Å². The predicted octanol–water partition coefficient (Wildman–Crippen LogP) is 3.11. The number of piperidine rings is 2. The highest BCUT2D eigenvalue weighted by Crippen LogP contribution is 2.47. The number of rotatable bonds is 3. The molecule has 0 spiro atoms. The summed E-state index contributed by atoms with van der Waals surface area (Å²) in [6.45, 7) is 3.83. The van der Waals surface area contributed by atoms with Gasteiger partial charge in [0.05, 0.1) is 5.52 Å². The Hall–Kier alpha value is -2.05. The van der Waals surface area contributed by atoms with E-state index in [2.05, 4.69) is 10.6 Å². The first-order valence-electron chi connectivity index (χ1n) is 10.3. The molecule has 2 aromatic rings. The molecule has 7 heteroatoms. The number of carbonyl (C=O) groups is 1. The second-order valence-electron chi connectivity index (χ2n) is 9.25. The number of amides is 1. The molecule has 1 amide bonds. The Kier molecular flexibility index (Phi) is 4.90. The van der Waals surface area contributed by atoms with E-state index in [1.807, 2.05) is 32.0 Å². The third-order valence-electron chi connectivity index (χ3n) is 6.87. The van der Waals surface area contributed by atoms with Gasteiger partial charge in [0.2, 0.25) is 0 Å². The lowest BCUT2D eigenvalue weighted by Gasteiger charge is -2.57. The third kappa shape index (κ3) is 3.13. The molecule has 29 heavy (non-hydrogen) atoms. The van der Waals surface area contributed by atoms with Gasteiger partial charge in [-0.2, -0.15) is 0 Å². The van der Waals surface area contributed by atoms with Crippen molar-refractivity contribution in [1.29, 1.82) is 0 Å². The van der Waals surface area contributed by atoms with Crippen molar-refractivity contribution in [2.75, 3.05) is 0 Å². The van der Waals surface area contributed by atoms with Gasteiger partial charge in [0.15, 0.2) is 0 Å². The molecule has 2 saturated heterocycles. The minimum absolute atomic E-state index is 0. The van der Waals surface area contributed by atoms with Crippen LogP contribution in [0.5, 0.6) is 5.75 Å². The highest BCUT2D eigenvalue weighted by Gasteiger charge is 2.51. The fraction of sp³-hybridized carbons (Fsp3) is 0.545. The summed E-state index contributed by atoms with van der Waals surface area (Å²) in [6, 6.07) is 7.99. The molecule has 4 bridgehead atoms. The smallest absolute Gasteiger partial charge is 0.267 e. The van der Waals surface area contributed by atoms with E-state index in [1.54, 1.807) is 10.6 Å². The normalized spacial score (nSPS) is 29.8. The molecule has 3 N–H and O–H groups in total. The van der Waals surface area contributed by atoms with Gasteiger partial charge in [-0.1, -0.05) is 12.1 Å². The largest absolute Gasteiger partial charge is 0.506 e. The van der Waals surface area contributed by atoms with Crippen molar-refractivity contribution >= 4 is 29.2 Å². The van der Waals surface area contributed by atoms with Crippen LogP contribution in [0.15, 0.2) is 29.1 Å². The monoisotopic (exact) mass is 417 g/mol. The lowest BCUT2D eigenvalue weighted by Crippen LogP contribution is -2.68. The zero-order valence-corrected chi connectivity index (χ0v) is 17.6. The lowest BCUT2D eigenvalue weighted by molar-refractivity contribution is 0.0162. The van der Waals surface area contributed by atoms with Crippen molar-refractivity contribution < 1.29 is 9.90 Å². The molecule has 6 nitrogen and oxygen atoms in total. The van der Waals surface area contributed by atoms with Crippen LogP contribution in [0, 0.1) is 5.92 Å². The number of halogens is 1. The number of para-hydroxylation sites is 1. The highest BCUT2D eigenvalue weighted by molar-refractivity contribution is 6.02. The van der Waals surface area contributed by atoms with E-state index < -0.39 is 11.5 Å². The first-order chi connectivity index (χ1) is 13.4. The first-order valence-corrected chi connectivity index (χ1v) is 10.3. The maximum absolute atomic E-state index is 13.3. The maximum Gasteiger partial charge on any atom is 0.267 e. The molecule has 2 saturated carbocycles. The van der Waals surface area contributed by atoms with Gasteiger partial charge in [-0.15, -0.1) is 12.4 Å². The van der Waals surface area contributed by atoms with Crippen LogP contribution < -0.4 is 16.2 Å². The summed E-state index contributed by atoms with van der Waals surface area (Å²) < 4.78 is 1.60. The Balaban J connectivity index is 0.00000205. The summed E-state index contributed by atoms with van der Waals surface area (Å²) in [5.41, 5.74) is -0.162. The van der Waals surface area contributed by atoms with Crippen molar-refractivity contribution in [2.45, 2.75) is 69.6 Å². The Morgan fingerprint density at radius 1 is 1.21 bits per heavy atom. The zero-order chi connectivity index (χ0) is 19.6. The summed E-state index contributed by atoms with van der Waals surface area (Å²) in [7, 11) is 0. The number of nitrogens with one attached hydrogen (secondary N) is 2. The zero-order valence-electron chi connectivity index (χ0n) is 16.8. The Bertz CT molecular complexity index is 995. The summed E-state index contributed by atoms with van der Waals surface area (Å²) >= 11 is 0. The predicted molar refractivity (Wildman–Crippen MR) is 115 cm³/mol. The molecule has 3 heterocycles. The molecule has 4 fully saturated rings. The summed E-state index contributed by atoms with van der Waals surface area (Å²) in [4.78, 5) is 26.5. The average molecular weight is 418 g/mol. The van der Waals surface area contributed by atoms with Crippen LogP contribution in [0.2, 0.25) is 0 Å². The molecule has 2 atom stereocenters. The summed E-state index contributed by atoms with van der Waals surface area (Å²) in [6.07, 6.45) is 5.13. The Morgan fingerprint density at radius 2 is 1.86 bits per heavy atom. The second-order valence-corrected chi connectivity index (χ2v) is 9.25. The van der Waals surface area contributed by atoms with Crippen LogP contribution in [-0.2, 0) is 0 Å². The number of carbonyl (C=O) groups excluding carboxylic acids is 1. The minimum Gasteiger partial charge on any atom is -0.506 e. The molecule has 0 radical (unpaired) electrons. The van der Waals surface area contributed by atoms with Gasteiger partial charge in [-0.3, -0.25) is 9.59 Å². The number of aromatic nitrogens is 1. The van der Waals surface area contributed by atoms with Gasteiger partial charge in [-0.25, -0.2) is 0 Å². The second kappa shape index (κ2) is 7.03. The van der Waals surface area contributed by atoms with Crippen LogP contribution in [0.4, 0.5) is 0 Å². The number of hydrogen-bond donors (Lipinski definition) is 3. The molecular weight excluding hydrogens is 390 g/mol. The topological polar surface area (TPSA) is 83.4 Å². The Labute approximate surface area is 176 Å². The SMILES string of the molecule is CC(C)n1c(=O)c(C(=O)NC23CC4CC(C2)NC(C4)C3)c(O)c2ccccc21.Cl. The van der Waals surface area contributed by atoms with Gasteiger partial charge in [0, 0.05) is 29.1 Å². The molecule has 4 aliphatic rings. The van der Waals surface area contributed by atoms with Crippen molar-refractivity contribution in [1.82, 2.24) is 15.2 Å². The molecule has 2 unspecified atom stereocenters. The molecule has 2 aliphatic heterocycles. The van der Waals surface area contributed by atoms with Crippen molar-refractivity contribution in [3.8, 4) is 5.75 Å². The number of fused-ring (bicyclic) bond motifs is 1. The van der Waals surface area contributed by atoms with Crippen molar-refractivity contribution in [3.05, 3.63) is 40.2 Å². The van der Waals surface area contributed by atoms with Crippen LogP contribution in [-0.4, -0.2) is 33.2 Å². The Morgan fingerprint density at radius 3 is 2.48 bits per heavy atom. The number of hydrogen-bond acceptors (Lipinski definition) is 4. The number of nitrogens with zero attached hydrogens (tertiary/aromatic N) is 1. The van der Waals surface area contributed by atoms with Gasteiger partial charge >= 0.3 is 0 Å². The first kappa shape index (κ1) is 20.2. The summed E-state index contributed by atoms with van der Waals surface area (Å²) in [5.74, 6) is -0.0148. The highest BCUT2D eigenvalue weighted by atomic mass is 35.5. The van der Waals surface area contributed by atoms with Crippen LogP contribution in [0.25, 0.3) is 10.9 Å². The quantitative estimate of drug-likeness (QED) is 0.716. The summed E-state index contributed by atoms with van der Waals surface area (Å²) in [5, 5.41) is 18.2. The van der Waals surface area contributed by atoms with Crippen molar-refractivity contribution in [2.24, 2.45) is 5.92 Å². The van der Waals surface area contributed by atoms with Gasteiger partial charge in [0.25, 0.3) is 11.5 Å². The van der Waals surface area contributed by atoms with E-state index >= 15 is 0 Å². The van der Waals surface area contributed by atoms with Crippen molar-refractivity contribution in [3.63, 3.8) is 0 Å². The van der Waals surface area contributed by atoms with Crippen LogP contribution in [0.3, 0.4) is 0 Å². The minimum atomic E-state index is -0.440. The number of aromatic hydroxyl groups is 1. The number of pyridine rings is 1. The van der Waals surface area contributed by atoms with E-state index in [9.17, 15) is 14.7 Å². The average Bonchev–Trinajstić information content (AvgIpc) is 2.60. The molecule has 1 aromatic heterocycles. The van der Waals surface area contributed by atoms with E-state index in [-0.39, 0.29) is 35.3 Å². The molecule has 1 aromatic carbocycles. The fourth-order valence-electron chi connectivity index (χ4n) is 6.09. The molecular formula is C22H28ClN3O3. The third-order valence-corrected chi connectivity index (χ3v) is 6.87. The number of benzene rings is 1. The van der Waals surface area contributed by atoms with Gasteiger partial charge in [-0.05, 0) is 64.0 Å². The van der Waals surface area contributed by atoms with Crippen LogP contribution >= 0.6 is 12.4 Å². The van der Waals surface area contributed by atoms with E-state index in [1.165, 1.54) is 12.8 Å². The molecule has 2 aliphatic carbocycles. The van der Waals surface area contributed by atoms with E-state index in [4.69, 9.17) is 0 Å². The molecule has 6 rings (SSSR count).